The molecule has 0 spiro atoms. The molecular formula is C19H23N5O2. The molecule has 136 valence electrons. The number of nitrogens with one attached hydrogen (secondary N) is 1. The van der Waals surface area contributed by atoms with Crippen LogP contribution in [0.3, 0.4) is 0 Å². The Bertz CT molecular complexity index is 789. The number of primary amides is 1. The summed E-state index contributed by atoms with van der Waals surface area (Å²) in [4.78, 5) is 28.1. The average Bonchev–Trinajstić information content (AvgIpc) is 3.12. The topological polar surface area (TPSA) is 95.3 Å². The highest BCUT2D eigenvalue weighted by Crippen LogP contribution is 2.25. The number of aromatic nitrogens is 2. The third-order valence-corrected chi connectivity index (χ3v) is 5.48. The third kappa shape index (κ3) is 3.22. The van der Waals surface area contributed by atoms with Crippen molar-refractivity contribution < 1.29 is 9.59 Å². The number of aromatic amines is 1. The minimum Gasteiger partial charge on any atom is -0.369 e. The first-order chi connectivity index (χ1) is 12.6. The molecule has 2 aromatic rings. The maximum atomic E-state index is 12.6. The van der Waals surface area contributed by atoms with Crippen LogP contribution in [0.1, 0.15) is 23.3 Å². The van der Waals surface area contributed by atoms with E-state index in [1.54, 1.807) is 0 Å². The fraction of sp³-hybridized carbons (Fsp3) is 0.421. The van der Waals surface area contributed by atoms with Crippen molar-refractivity contribution in [1.29, 1.82) is 0 Å². The van der Waals surface area contributed by atoms with Gasteiger partial charge >= 0.3 is 0 Å². The molecular weight excluding hydrogens is 330 g/mol. The second-order valence-corrected chi connectivity index (χ2v) is 7.11. The monoisotopic (exact) mass is 353 g/mol. The van der Waals surface area contributed by atoms with Gasteiger partial charge in [0.15, 0.2) is 0 Å². The first-order valence-corrected chi connectivity index (χ1v) is 9.05. The van der Waals surface area contributed by atoms with Gasteiger partial charge in [-0.25, -0.2) is 0 Å². The molecule has 4 rings (SSSR count). The maximum absolute atomic E-state index is 12.6. The second-order valence-electron chi connectivity index (χ2n) is 7.11. The number of likely N-dealkylation sites (tertiary alicyclic amines) is 2. The van der Waals surface area contributed by atoms with E-state index in [0.29, 0.717) is 11.7 Å². The van der Waals surface area contributed by atoms with Crippen molar-refractivity contribution in [2.24, 2.45) is 11.7 Å². The molecule has 26 heavy (non-hydrogen) atoms. The summed E-state index contributed by atoms with van der Waals surface area (Å²) in [6.07, 6.45) is 1.64. The Morgan fingerprint density at radius 3 is 2.46 bits per heavy atom. The molecule has 7 nitrogen and oxygen atoms in total. The predicted octanol–water partition coefficient (Wildman–Crippen LogP) is 1.10. The highest BCUT2D eigenvalue weighted by atomic mass is 16.2. The van der Waals surface area contributed by atoms with Crippen LogP contribution in [0.4, 0.5) is 0 Å². The van der Waals surface area contributed by atoms with Gasteiger partial charge in [-0.05, 0) is 32.0 Å². The number of nitrogens with two attached hydrogens (primary N) is 1. The normalized spacial score (nSPS) is 19.3. The quantitative estimate of drug-likeness (QED) is 0.860. The molecule has 0 unspecified atom stereocenters. The lowest BCUT2D eigenvalue weighted by molar-refractivity contribution is -0.123. The Morgan fingerprint density at radius 2 is 1.81 bits per heavy atom. The van der Waals surface area contributed by atoms with Crippen LogP contribution in [0.5, 0.6) is 0 Å². The summed E-state index contributed by atoms with van der Waals surface area (Å²) in [5.74, 6) is -0.197. The van der Waals surface area contributed by atoms with E-state index in [0.717, 1.165) is 50.3 Å². The molecule has 0 atom stereocenters. The number of amides is 2. The third-order valence-electron chi connectivity index (χ3n) is 5.48. The van der Waals surface area contributed by atoms with E-state index in [1.807, 2.05) is 41.3 Å². The van der Waals surface area contributed by atoms with Crippen LogP contribution in [0.15, 0.2) is 36.4 Å². The van der Waals surface area contributed by atoms with Crippen molar-refractivity contribution in [2.75, 3.05) is 26.2 Å². The molecule has 0 bridgehead atoms. The van der Waals surface area contributed by atoms with E-state index in [9.17, 15) is 9.59 Å². The van der Waals surface area contributed by atoms with Crippen molar-refractivity contribution in [2.45, 2.75) is 18.9 Å². The minimum atomic E-state index is -0.191. The summed E-state index contributed by atoms with van der Waals surface area (Å²) >= 11 is 0. The first-order valence-electron chi connectivity index (χ1n) is 9.05. The Morgan fingerprint density at radius 1 is 1.12 bits per heavy atom. The number of hydrogen-bond acceptors (Lipinski definition) is 4. The van der Waals surface area contributed by atoms with Gasteiger partial charge in [-0.2, -0.15) is 5.10 Å². The largest absolute Gasteiger partial charge is 0.369 e. The van der Waals surface area contributed by atoms with Crippen molar-refractivity contribution in [1.82, 2.24) is 20.0 Å². The van der Waals surface area contributed by atoms with E-state index in [-0.39, 0.29) is 17.7 Å². The number of rotatable bonds is 4. The lowest BCUT2D eigenvalue weighted by Crippen LogP contribution is -2.62. The van der Waals surface area contributed by atoms with Crippen LogP contribution >= 0.6 is 0 Å². The van der Waals surface area contributed by atoms with Crippen molar-refractivity contribution >= 4 is 11.8 Å². The summed E-state index contributed by atoms with van der Waals surface area (Å²) < 4.78 is 0. The van der Waals surface area contributed by atoms with Gasteiger partial charge in [-0.1, -0.05) is 30.3 Å². The van der Waals surface area contributed by atoms with Gasteiger partial charge in [-0.15, -0.1) is 0 Å². The Hall–Kier alpha value is -2.67. The van der Waals surface area contributed by atoms with Crippen molar-refractivity contribution in [3.63, 3.8) is 0 Å². The van der Waals surface area contributed by atoms with E-state index >= 15 is 0 Å². The van der Waals surface area contributed by atoms with Gasteiger partial charge in [0.2, 0.25) is 5.91 Å². The van der Waals surface area contributed by atoms with Gasteiger partial charge in [-0.3, -0.25) is 19.6 Å². The lowest BCUT2D eigenvalue weighted by atomic mass is 9.93. The molecule has 0 saturated carbocycles. The summed E-state index contributed by atoms with van der Waals surface area (Å²) in [7, 11) is 0. The van der Waals surface area contributed by atoms with Gasteiger partial charge in [0.05, 0.1) is 5.69 Å². The van der Waals surface area contributed by atoms with Crippen LogP contribution in [-0.4, -0.2) is 64.0 Å². The minimum absolute atomic E-state index is 0.00506. The lowest BCUT2D eigenvalue weighted by Gasteiger charge is -2.47. The average molecular weight is 353 g/mol. The smallest absolute Gasteiger partial charge is 0.271 e. The molecule has 1 aromatic carbocycles. The van der Waals surface area contributed by atoms with E-state index in [4.69, 9.17) is 5.73 Å². The Kier molecular flexibility index (Phi) is 4.46. The Balaban J connectivity index is 1.31. The number of benzene rings is 1. The molecule has 0 radical (unpaired) electrons. The number of carbonyl (C=O) groups excluding carboxylic acids is 2. The molecule has 2 aliphatic rings. The maximum Gasteiger partial charge on any atom is 0.271 e. The van der Waals surface area contributed by atoms with Crippen LogP contribution in [0, 0.1) is 5.92 Å². The SMILES string of the molecule is NC(=O)C1CCN(C2CN(C(=O)c3cc(-c4ccccc4)n[nH]3)C2)CC1. The first kappa shape index (κ1) is 16.8. The molecule has 2 fully saturated rings. The second kappa shape index (κ2) is 6.92. The summed E-state index contributed by atoms with van der Waals surface area (Å²) in [6, 6.07) is 12.0. The van der Waals surface area contributed by atoms with Crippen LogP contribution in [0.25, 0.3) is 11.3 Å². The zero-order valence-corrected chi connectivity index (χ0v) is 14.6. The summed E-state index contributed by atoms with van der Waals surface area (Å²) in [6.45, 7) is 3.20. The van der Waals surface area contributed by atoms with Gasteiger partial charge in [0, 0.05) is 30.6 Å². The number of nitrogens with zero attached hydrogens (tertiary/aromatic N) is 3. The molecule has 3 N–H and O–H groups in total. The zero-order valence-electron chi connectivity index (χ0n) is 14.6. The van der Waals surface area contributed by atoms with E-state index < -0.39 is 0 Å². The van der Waals surface area contributed by atoms with Gasteiger partial charge < -0.3 is 10.6 Å². The fourth-order valence-electron chi connectivity index (χ4n) is 3.76. The molecule has 1 aromatic heterocycles. The highest BCUT2D eigenvalue weighted by Gasteiger charge is 2.37. The number of hydrogen-bond donors (Lipinski definition) is 2. The van der Waals surface area contributed by atoms with Crippen molar-refractivity contribution in [3.05, 3.63) is 42.1 Å². The summed E-state index contributed by atoms with van der Waals surface area (Å²) in [5.41, 5.74) is 7.67. The zero-order chi connectivity index (χ0) is 18.1. The Labute approximate surface area is 152 Å². The van der Waals surface area contributed by atoms with E-state index in [2.05, 4.69) is 15.1 Å². The van der Waals surface area contributed by atoms with Gasteiger partial charge in [0.25, 0.3) is 5.91 Å². The van der Waals surface area contributed by atoms with Crippen LogP contribution < -0.4 is 5.73 Å². The van der Waals surface area contributed by atoms with E-state index in [1.165, 1.54) is 0 Å². The van der Waals surface area contributed by atoms with Crippen LogP contribution in [0.2, 0.25) is 0 Å². The molecule has 7 heteroatoms. The molecule has 2 saturated heterocycles. The highest BCUT2D eigenvalue weighted by molar-refractivity contribution is 5.94. The fourth-order valence-corrected chi connectivity index (χ4v) is 3.76. The number of H-pyrrole nitrogens is 1. The van der Waals surface area contributed by atoms with Crippen molar-refractivity contribution in [3.8, 4) is 11.3 Å². The van der Waals surface area contributed by atoms with Gasteiger partial charge in [0.1, 0.15) is 5.69 Å². The standard InChI is InChI=1S/C19H23N5O2/c20-18(25)14-6-8-23(9-7-14)15-11-24(12-15)19(26)17-10-16(21-22-17)13-4-2-1-3-5-13/h1-5,10,14-15H,6-9,11-12H2,(H2,20,25)(H,21,22). The molecule has 0 aliphatic carbocycles. The van der Waals surface area contributed by atoms with Crippen LogP contribution in [-0.2, 0) is 4.79 Å². The predicted molar refractivity (Wildman–Crippen MR) is 97.2 cm³/mol. The molecule has 2 aliphatic heterocycles. The number of carbonyl (C=O) groups is 2. The molecule has 3 heterocycles. The number of piperidine rings is 1. The molecule has 2 amide bonds. The summed E-state index contributed by atoms with van der Waals surface area (Å²) in [5, 5.41) is 7.11.